The molecule has 10 heteroatoms. The number of sulfone groups is 1. The fourth-order valence-corrected chi connectivity index (χ4v) is 4.40. The number of nitrogens with one attached hydrogen (secondary N) is 2. The number of hydrogen-bond acceptors (Lipinski definition) is 5. The van der Waals surface area contributed by atoms with Crippen LogP contribution in [0.4, 0.5) is 0 Å². The van der Waals surface area contributed by atoms with E-state index < -0.39 is 25.8 Å². The van der Waals surface area contributed by atoms with Crippen LogP contribution in [0.1, 0.15) is 15.9 Å². The Morgan fingerprint density at radius 2 is 1.70 bits per heavy atom. The lowest BCUT2D eigenvalue weighted by atomic mass is 10.1. The molecule has 0 radical (unpaired) electrons. The maximum absolute atomic E-state index is 12.1. The summed E-state index contributed by atoms with van der Waals surface area (Å²) in [7, 11) is -6.93. The predicted molar refractivity (Wildman–Crippen MR) is 104 cm³/mol. The molecule has 0 unspecified atom stereocenters. The third-order valence-corrected chi connectivity index (χ3v) is 5.98. The van der Waals surface area contributed by atoms with Gasteiger partial charge in [0.15, 0.2) is 9.84 Å². The molecule has 0 spiro atoms. The van der Waals surface area contributed by atoms with Crippen molar-refractivity contribution in [2.45, 2.75) is 10.6 Å². The van der Waals surface area contributed by atoms with Gasteiger partial charge in [-0.1, -0.05) is 29.8 Å². The number of carbonyl (C=O) groups excluding carboxylic acids is 1. The number of amides is 1. The summed E-state index contributed by atoms with van der Waals surface area (Å²) in [6, 6.07) is 12.1. The van der Waals surface area contributed by atoms with E-state index in [-0.39, 0.29) is 23.7 Å². The highest BCUT2D eigenvalue weighted by Crippen LogP contribution is 2.15. The van der Waals surface area contributed by atoms with E-state index in [2.05, 4.69) is 10.0 Å². The van der Waals surface area contributed by atoms with Gasteiger partial charge in [0.25, 0.3) is 5.91 Å². The molecular weight excluding hydrogens is 412 g/mol. The van der Waals surface area contributed by atoms with E-state index in [0.717, 1.165) is 6.26 Å². The summed E-state index contributed by atoms with van der Waals surface area (Å²) in [6.45, 7) is 0.0541. The van der Waals surface area contributed by atoms with Crippen LogP contribution in [-0.4, -0.2) is 42.1 Å². The summed E-state index contributed by atoms with van der Waals surface area (Å²) >= 11 is 5.79. The second kappa shape index (κ2) is 8.83. The van der Waals surface area contributed by atoms with Crippen LogP contribution in [0.5, 0.6) is 0 Å². The Bertz CT molecular complexity index is 1040. The Hall–Kier alpha value is -1.94. The molecule has 1 amide bonds. The van der Waals surface area contributed by atoms with Gasteiger partial charge in [-0.25, -0.2) is 21.6 Å². The highest BCUT2D eigenvalue weighted by Gasteiger charge is 2.14. The van der Waals surface area contributed by atoms with Crippen LogP contribution in [0.2, 0.25) is 5.02 Å². The van der Waals surface area contributed by atoms with E-state index in [0.29, 0.717) is 16.1 Å². The number of sulfonamides is 1. The van der Waals surface area contributed by atoms with Gasteiger partial charge in [0.2, 0.25) is 10.0 Å². The number of halogens is 1. The van der Waals surface area contributed by atoms with Crippen LogP contribution in [-0.2, 0) is 25.6 Å². The van der Waals surface area contributed by atoms with Crippen molar-refractivity contribution in [2.75, 3.05) is 19.3 Å². The van der Waals surface area contributed by atoms with E-state index in [1.165, 1.54) is 24.3 Å². The molecule has 0 bridgehead atoms. The molecule has 0 fully saturated rings. The minimum Gasteiger partial charge on any atom is -0.351 e. The first kappa shape index (κ1) is 21.4. The number of benzene rings is 2. The normalized spacial score (nSPS) is 11.9. The number of carbonyl (C=O) groups is 1. The maximum atomic E-state index is 12.1. The largest absolute Gasteiger partial charge is 0.351 e. The zero-order valence-electron chi connectivity index (χ0n) is 14.5. The molecule has 27 heavy (non-hydrogen) atoms. The standard InChI is InChI=1S/C17H19ClN2O5S2/c1-26(22,23)12-13-4-2-5-14(10-13)17(21)19-8-9-20-27(24,25)16-7-3-6-15(18)11-16/h2-7,10-11,20H,8-9,12H2,1H3,(H,19,21). The Kier molecular flexibility index (Phi) is 6.99. The third-order valence-electron chi connectivity index (χ3n) is 3.43. The Balaban J connectivity index is 1.90. The van der Waals surface area contributed by atoms with Crippen LogP contribution in [0.15, 0.2) is 53.4 Å². The smallest absolute Gasteiger partial charge is 0.251 e. The summed E-state index contributed by atoms with van der Waals surface area (Å²) in [5.74, 6) is -0.583. The Labute approximate surface area is 163 Å². The first-order valence-electron chi connectivity index (χ1n) is 7.87. The molecule has 2 aromatic rings. The average molecular weight is 431 g/mol. The van der Waals surface area contributed by atoms with E-state index in [9.17, 15) is 21.6 Å². The first-order valence-corrected chi connectivity index (χ1v) is 11.8. The highest BCUT2D eigenvalue weighted by molar-refractivity contribution is 7.90. The van der Waals surface area contributed by atoms with Crippen molar-refractivity contribution in [3.63, 3.8) is 0 Å². The molecule has 0 heterocycles. The van der Waals surface area contributed by atoms with E-state index in [1.807, 2.05) is 0 Å². The predicted octanol–water partition coefficient (Wildman–Crippen LogP) is 1.59. The number of hydrogen-bond donors (Lipinski definition) is 2. The summed E-state index contributed by atoms with van der Waals surface area (Å²) < 4.78 is 49.3. The topological polar surface area (TPSA) is 109 Å². The van der Waals surface area contributed by atoms with Crippen molar-refractivity contribution in [3.05, 3.63) is 64.7 Å². The zero-order valence-corrected chi connectivity index (χ0v) is 16.9. The van der Waals surface area contributed by atoms with Crippen molar-refractivity contribution in [1.29, 1.82) is 0 Å². The lowest BCUT2D eigenvalue weighted by molar-refractivity contribution is 0.0954. The molecule has 0 aromatic heterocycles. The summed E-state index contributed by atoms with van der Waals surface area (Å²) in [5, 5.41) is 2.89. The van der Waals surface area contributed by atoms with Crippen molar-refractivity contribution in [2.24, 2.45) is 0 Å². The summed E-state index contributed by atoms with van der Waals surface area (Å²) in [4.78, 5) is 12.2. The minimum absolute atomic E-state index is 0.0103. The van der Waals surface area contributed by atoms with Crippen LogP contribution < -0.4 is 10.0 Å². The van der Waals surface area contributed by atoms with Gasteiger partial charge in [-0.3, -0.25) is 4.79 Å². The Morgan fingerprint density at radius 3 is 2.37 bits per heavy atom. The van der Waals surface area contributed by atoms with Gasteiger partial charge in [-0.15, -0.1) is 0 Å². The Morgan fingerprint density at radius 1 is 1.00 bits per heavy atom. The highest BCUT2D eigenvalue weighted by atomic mass is 35.5. The fraction of sp³-hybridized carbons (Fsp3) is 0.235. The van der Waals surface area contributed by atoms with Gasteiger partial charge in [0, 0.05) is 29.9 Å². The van der Waals surface area contributed by atoms with Gasteiger partial charge < -0.3 is 5.32 Å². The fourth-order valence-electron chi connectivity index (χ4n) is 2.29. The van der Waals surface area contributed by atoms with Crippen molar-refractivity contribution < 1.29 is 21.6 Å². The van der Waals surface area contributed by atoms with E-state index >= 15 is 0 Å². The lowest BCUT2D eigenvalue weighted by Gasteiger charge is -2.09. The van der Waals surface area contributed by atoms with Gasteiger partial charge in [0.1, 0.15) is 0 Å². The molecule has 7 nitrogen and oxygen atoms in total. The van der Waals surface area contributed by atoms with Crippen LogP contribution in [0, 0.1) is 0 Å². The van der Waals surface area contributed by atoms with Crippen molar-refractivity contribution >= 4 is 37.4 Å². The quantitative estimate of drug-likeness (QED) is 0.618. The summed E-state index contributed by atoms with van der Waals surface area (Å²) in [5.41, 5.74) is 0.806. The van der Waals surface area contributed by atoms with Crippen LogP contribution >= 0.6 is 11.6 Å². The molecule has 146 valence electrons. The van der Waals surface area contributed by atoms with E-state index in [4.69, 9.17) is 11.6 Å². The molecule has 0 atom stereocenters. The van der Waals surface area contributed by atoms with Gasteiger partial charge in [0.05, 0.1) is 10.6 Å². The molecule has 0 aliphatic heterocycles. The molecule has 2 aromatic carbocycles. The van der Waals surface area contributed by atoms with Gasteiger partial charge in [-0.2, -0.15) is 0 Å². The molecule has 0 aliphatic carbocycles. The van der Waals surface area contributed by atoms with Crippen molar-refractivity contribution in [1.82, 2.24) is 10.0 Å². The summed E-state index contributed by atoms with van der Waals surface area (Å²) in [6.07, 6.45) is 1.12. The van der Waals surface area contributed by atoms with E-state index in [1.54, 1.807) is 24.3 Å². The average Bonchev–Trinajstić information content (AvgIpc) is 2.57. The minimum atomic E-state index is -3.72. The second-order valence-electron chi connectivity index (χ2n) is 5.88. The monoisotopic (exact) mass is 430 g/mol. The van der Waals surface area contributed by atoms with Gasteiger partial charge in [-0.05, 0) is 35.9 Å². The second-order valence-corrected chi connectivity index (χ2v) is 10.2. The van der Waals surface area contributed by atoms with Gasteiger partial charge >= 0.3 is 0 Å². The molecule has 0 saturated carbocycles. The van der Waals surface area contributed by atoms with Crippen LogP contribution in [0.25, 0.3) is 0 Å². The SMILES string of the molecule is CS(=O)(=O)Cc1cccc(C(=O)NCCNS(=O)(=O)c2cccc(Cl)c2)c1. The lowest BCUT2D eigenvalue weighted by Crippen LogP contribution is -2.34. The molecule has 2 N–H and O–H groups in total. The number of rotatable bonds is 8. The molecule has 0 aliphatic rings. The molecular formula is C17H19ClN2O5S2. The third kappa shape index (κ3) is 6.94. The van der Waals surface area contributed by atoms with Crippen LogP contribution in [0.3, 0.4) is 0 Å². The maximum Gasteiger partial charge on any atom is 0.251 e. The zero-order chi connectivity index (χ0) is 20.1. The first-order chi connectivity index (χ1) is 12.6. The molecule has 2 rings (SSSR count). The molecule has 0 saturated heterocycles. The van der Waals surface area contributed by atoms with Crippen molar-refractivity contribution in [3.8, 4) is 0 Å².